The molecule has 1 heterocycles. The van der Waals surface area contributed by atoms with Gasteiger partial charge in [0.15, 0.2) is 0 Å². The van der Waals surface area contributed by atoms with Gasteiger partial charge >= 0.3 is 0 Å². The zero-order chi connectivity index (χ0) is 17.7. The molecule has 5 heteroatoms. The maximum absolute atomic E-state index is 13.3. The Morgan fingerprint density at radius 2 is 1.84 bits per heavy atom. The average molecular weight is 348 g/mol. The van der Waals surface area contributed by atoms with Crippen molar-refractivity contribution in [3.05, 3.63) is 35.6 Å². The van der Waals surface area contributed by atoms with E-state index in [1.165, 1.54) is 12.1 Å². The number of nitrogens with two attached hydrogens (primary N) is 1. The molecule has 3 rings (SSSR count). The van der Waals surface area contributed by atoms with E-state index >= 15 is 0 Å². The zero-order valence-electron chi connectivity index (χ0n) is 14.9. The van der Waals surface area contributed by atoms with Crippen molar-refractivity contribution in [3.8, 4) is 0 Å². The van der Waals surface area contributed by atoms with Gasteiger partial charge in [-0.2, -0.15) is 0 Å². The number of rotatable bonds is 6. The normalized spacial score (nSPS) is 20.8. The van der Waals surface area contributed by atoms with Crippen molar-refractivity contribution in [1.82, 2.24) is 4.90 Å². The summed E-state index contributed by atoms with van der Waals surface area (Å²) in [5, 5.41) is 0. The van der Waals surface area contributed by atoms with Gasteiger partial charge in [0, 0.05) is 19.7 Å². The van der Waals surface area contributed by atoms with Crippen LogP contribution in [0, 0.1) is 5.82 Å². The number of piperidine rings is 1. The summed E-state index contributed by atoms with van der Waals surface area (Å²) in [7, 11) is 0. The van der Waals surface area contributed by atoms with E-state index in [9.17, 15) is 9.18 Å². The molecule has 0 aromatic heterocycles. The molecule has 1 aromatic rings. The van der Waals surface area contributed by atoms with Gasteiger partial charge in [-0.15, -0.1) is 0 Å². The van der Waals surface area contributed by atoms with Crippen molar-refractivity contribution < 1.29 is 13.9 Å². The molecule has 1 saturated carbocycles. The first-order chi connectivity index (χ1) is 12.2. The summed E-state index contributed by atoms with van der Waals surface area (Å²) in [6, 6.07) is 6.53. The maximum atomic E-state index is 13.3. The minimum atomic E-state index is -0.457. The topological polar surface area (TPSA) is 55.6 Å². The minimum absolute atomic E-state index is 0.219. The summed E-state index contributed by atoms with van der Waals surface area (Å²) < 4.78 is 19.1. The third-order valence-corrected chi connectivity index (χ3v) is 5.69. The van der Waals surface area contributed by atoms with E-state index in [0.717, 1.165) is 63.6 Å². The fourth-order valence-electron chi connectivity index (χ4n) is 4.24. The molecule has 1 amide bonds. The third kappa shape index (κ3) is 4.04. The number of carbonyl (C=O) groups is 1. The predicted molar refractivity (Wildman–Crippen MR) is 95.8 cm³/mol. The van der Waals surface area contributed by atoms with Crippen LogP contribution in [0.1, 0.15) is 50.5 Å². The summed E-state index contributed by atoms with van der Waals surface area (Å²) in [6.45, 7) is 2.84. The SMILES string of the molecule is NCCCOC1CCN(C(=O)C2(c3ccc(F)cc3)CCCC2)CC1. The Balaban J connectivity index is 1.65. The Hall–Kier alpha value is -1.46. The molecular formula is C20H29FN2O2. The molecule has 4 nitrogen and oxygen atoms in total. The van der Waals surface area contributed by atoms with E-state index in [2.05, 4.69) is 0 Å². The second-order valence-corrected chi connectivity index (χ2v) is 7.30. The Morgan fingerprint density at radius 3 is 2.44 bits per heavy atom. The third-order valence-electron chi connectivity index (χ3n) is 5.69. The van der Waals surface area contributed by atoms with Crippen LogP contribution in [0.15, 0.2) is 24.3 Å². The number of likely N-dealkylation sites (tertiary alicyclic amines) is 1. The number of nitrogens with zero attached hydrogens (tertiary/aromatic N) is 1. The first-order valence-corrected chi connectivity index (χ1v) is 9.53. The number of hydrogen-bond donors (Lipinski definition) is 1. The Morgan fingerprint density at radius 1 is 1.20 bits per heavy atom. The molecule has 2 N–H and O–H groups in total. The summed E-state index contributed by atoms with van der Waals surface area (Å²) in [6.07, 6.45) is 6.73. The summed E-state index contributed by atoms with van der Waals surface area (Å²) in [5.41, 5.74) is 6.01. The Kier molecular flexibility index (Phi) is 6.07. The van der Waals surface area contributed by atoms with Crippen molar-refractivity contribution in [2.75, 3.05) is 26.2 Å². The Bertz CT molecular complexity index is 562. The molecule has 138 valence electrons. The first kappa shape index (κ1) is 18.3. The van der Waals surface area contributed by atoms with Gasteiger partial charge < -0.3 is 15.4 Å². The molecule has 0 unspecified atom stereocenters. The van der Waals surface area contributed by atoms with Crippen molar-refractivity contribution in [2.24, 2.45) is 5.73 Å². The number of ether oxygens (including phenoxy) is 1. The van der Waals surface area contributed by atoms with Crippen molar-refractivity contribution in [1.29, 1.82) is 0 Å². The van der Waals surface area contributed by atoms with Crippen molar-refractivity contribution >= 4 is 5.91 Å². The van der Waals surface area contributed by atoms with E-state index in [0.29, 0.717) is 13.2 Å². The molecule has 25 heavy (non-hydrogen) atoms. The smallest absolute Gasteiger partial charge is 0.233 e. The molecule has 1 saturated heterocycles. The van der Waals surface area contributed by atoms with Crippen LogP contribution in [0.3, 0.4) is 0 Å². The fourth-order valence-corrected chi connectivity index (χ4v) is 4.24. The molecular weight excluding hydrogens is 319 g/mol. The number of hydrogen-bond acceptors (Lipinski definition) is 3. The quantitative estimate of drug-likeness (QED) is 0.804. The van der Waals surface area contributed by atoms with Crippen molar-refractivity contribution in [3.63, 3.8) is 0 Å². The molecule has 0 radical (unpaired) electrons. The molecule has 2 fully saturated rings. The number of amides is 1. The van der Waals surface area contributed by atoms with Gasteiger partial charge in [0.2, 0.25) is 5.91 Å². The van der Waals surface area contributed by atoms with Gasteiger partial charge in [-0.1, -0.05) is 25.0 Å². The number of benzene rings is 1. The molecule has 0 atom stereocenters. The lowest BCUT2D eigenvalue weighted by atomic mass is 9.77. The molecule has 1 aliphatic carbocycles. The summed E-state index contributed by atoms with van der Waals surface area (Å²) in [4.78, 5) is 15.3. The lowest BCUT2D eigenvalue weighted by Gasteiger charge is -2.38. The van der Waals surface area contributed by atoms with Crippen molar-refractivity contribution in [2.45, 2.75) is 56.5 Å². The average Bonchev–Trinajstić information content (AvgIpc) is 3.13. The summed E-state index contributed by atoms with van der Waals surface area (Å²) in [5.74, 6) is -0.0307. The molecule has 0 spiro atoms. The lowest BCUT2D eigenvalue weighted by Crippen LogP contribution is -2.49. The van der Waals surface area contributed by atoms with Crippen LogP contribution in [0.4, 0.5) is 4.39 Å². The lowest BCUT2D eigenvalue weighted by molar-refractivity contribution is -0.140. The maximum Gasteiger partial charge on any atom is 0.233 e. The molecule has 2 aliphatic rings. The van der Waals surface area contributed by atoms with Crippen LogP contribution in [0.5, 0.6) is 0 Å². The van der Waals surface area contributed by atoms with Crippen LogP contribution in [0.25, 0.3) is 0 Å². The standard InChI is InChI=1S/C20H29FN2O2/c21-17-6-4-16(5-7-17)20(10-1-2-11-20)19(24)23-13-8-18(9-14-23)25-15-3-12-22/h4-7,18H,1-3,8-15,22H2. The van der Waals surface area contributed by atoms with E-state index in [-0.39, 0.29) is 17.8 Å². The van der Waals surface area contributed by atoms with Crippen LogP contribution in [-0.4, -0.2) is 43.2 Å². The second kappa shape index (κ2) is 8.28. The van der Waals surface area contributed by atoms with Gasteiger partial charge in [0.25, 0.3) is 0 Å². The molecule has 0 bridgehead atoms. The Labute approximate surface area is 149 Å². The second-order valence-electron chi connectivity index (χ2n) is 7.30. The van der Waals surface area contributed by atoms with E-state index in [4.69, 9.17) is 10.5 Å². The first-order valence-electron chi connectivity index (χ1n) is 9.53. The number of carbonyl (C=O) groups excluding carboxylic acids is 1. The van der Waals surface area contributed by atoms with E-state index in [1.54, 1.807) is 12.1 Å². The van der Waals surface area contributed by atoms with Gasteiger partial charge in [0.05, 0.1) is 11.5 Å². The number of halogens is 1. The zero-order valence-corrected chi connectivity index (χ0v) is 14.9. The molecule has 1 aromatic carbocycles. The molecule has 1 aliphatic heterocycles. The van der Waals surface area contributed by atoms with Gasteiger partial charge in [-0.05, 0) is 56.3 Å². The van der Waals surface area contributed by atoms with Crippen LogP contribution in [0.2, 0.25) is 0 Å². The summed E-state index contributed by atoms with van der Waals surface area (Å²) >= 11 is 0. The van der Waals surface area contributed by atoms with Gasteiger partial charge in [-0.25, -0.2) is 4.39 Å². The predicted octanol–water partition coefficient (Wildman–Crippen LogP) is 2.99. The van der Waals surface area contributed by atoms with Gasteiger partial charge in [-0.3, -0.25) is 4.79 Å². The monoisotopic (exact) mass is 348 g/mol. The fraction of sp³-hybridized carbons (Fsp3) is 0.650. The largest absolute Gasteiger partial charge is 0.378 e. The minimum Gasteiger partial charge on any atom is -0.378 e. The van der Waals surface area contributed by atoms with E-state index in [1.807, 2.05) is 4.90 Å². The highest BCUT2D eigenvalue weighted by Crippen LogP contribution is 2.43. The van der Waals surface area contributed by atoms with E-state index < -0.39 is 5.41 Å². The highest BCUT2D eigenvalue weighted by molar-refractivity contribution is 5.88. The van der Waals surface area contributed by atoms with Crippen LogP contribution < -0.4 is 5.73 Å². The van der Waals surface area contributed by atoms with Gasteiger partial charge in [0.1, 0.15) is 5.82 Å². The van der Waals surface area contributed by atoms with Crippen LogP contribution in [-0.2, 0) is 14.9 Å². The highest BCUT2D eigenvalue weighted by atomic mass is 19.1. The highest BCUT2D eigenvalue weighted by Gasteiger charge is 2.45. The van der Waals surface area contributed by atoms with Crippen LogP contribution >= 0.6 is 0 Å².